The fourth-order valence-electron chi connectivity index (χ4n) is 3.71. The van der Waals surface area contributed by atoms with Crippen molar-refractivity contribution in [2.75, 3.05) is 0 Å². The third-order valence-corrected chi connectivity index (χ3v) is 5.36. The number of benzene rings is 3. The lowest BCUT2D eigenvalue weighted by Crippen LogP contribution is -2.23. The summed E-state index contributed by atoms with van der Waals surface area (Å²) in [5.74, 6) is -1.24. The Balaban J connectivity index is 1.62. The minimum absolute atomic E-state index is 0.128. The molecule has 34 heavy (non-hydrogen) atoms. The van der Waals surface area contributed by atoms with Gasteiger partial charge >= 0.3 is 0 Å². The van der Waals surface area contributed by atoms with Gasteiger partial charge in [-0.3, -0.25) is 9.78 Å². The van der Waals surface area contributed by atoms with Crippen molar-refractivity contribution >= 4 is 10.8 Å². The second-order valence-electron chi connectivity index (χ2n) is 7.53. The van der Waals surface area contributed by atoms with Gasteiger partial charge in [-0.2, -0.15) is 0 Å². The van der Waals surface area contributed by atoms with Crippen LogP contribution in [0.4, 0.5) is 13.2 Å². The molecule has 0 spiro atoms. The van der Waals surface area contributed by atoms with Gasteiger partial charge in [-0.1, -0.05) is 12.1 Å². The molecule has 5 aromatic rings. The maximum absolute atomic E-state index is 14.6. The third-order valence-electron chi connectivity index (χ3n) is 5.36. The monoisotopic (exact) mass is 459 g/mol. The molecule has 0 atom stereocenters. The Morgan fingerprint density at radius 3 is 2.41 bits per heavy atom. The Morgan fingerprint density at radius 2 is 1.68 bits per heavy atom. The zero-order chi connectivity index (χ0) is 23.7. The molecule has 0 aliphatic rings. The molecule has 3 aromatic carbocycles. The maximum Gasteiger partial charge on any atom is 0.259 e. The molecule has 0 saturated heterocycles. The Morgan fingerprint density at radius 1 is 0.853 bits per heavy atom. The van der Waals surface area contributed by atoms with Crippen molar-refractivity contribution in [3.05, 3.63) is 119 Å². The van der Waals surface area contributed by atoms with E-state index in [1.165, 1.54) is 47.4 Å². The fourth-order valence-corrected chi connectivity index (χ4v) is 3.71. The number of aromatic nitrogens is 3. The molecular weight excluding hydrogens is 443 g/mol. The van der Waals surface area contributed by atoms with Gasteiger partial charge in [-0.05, 0) is 54.1 Å². The van der Waals surface area contributed by atoms with E-state index in [0.717, 1.165) is 12.1 Å². The normalized spacial score (nSPS) is 11.0. The molecule has 0 aliphatic carbocycles. The predicted molar refractivity (Wildman–Crippen MR) is 121 cm³/mol. The Kier molecular flexibility index (Phi) is 5.55. The second kappa shape index (κ2) is 8.82. The minimum Gasteiger partial charge on any atom is -0.438 e. The predicted octanol–water partition coefficient (Wildman–Crippen LogP) is 5.72. The third kappa shape index (κ3) is 4.13. The van der Waals surface area contributed by atoms with Crippen LogP contribution >= 0.6 is 0 Å². The highest BCUT2D eigenvalue weighted by atomic mass is 19.1. The molecule has 0 N–H and O–H groups in total. The molecular formula is C26H16F3N3O2. The number of hydrogen-bond acceptors (Lipinski definition) is 4. The smallest absolute Gasteiger partial charge is 0.259 e. The van der Waals surface area contributed by atoms with E-state index in [-0.39, 0.29) is 22.9 Å². The summed E-state index contributed by atoms with van der Waals surface area (Å²) in [6.45, 7) is -0.162. The van der Waals surface area contributed by atoms with Gasteiger partial charge in [0.25, 0.3) is 5.56 Å². The van der Waals surface area contributed by atoms with Crippen LogP contribution in [-0.4, -0.2) is 14.5 Å². The molecule has 0 radical (unpaired) electrons. The summed E-state index contributed by atoms with van der Waals surface area (Å²) in [5.41, 5.74) is 0.590. The first kappa shape index (κ1) is 21.4. The quantitative estimate of drug-likeness (QED) is 0.338. The molecule has 0 aliphatic heterocycles. The second-order valence-corrected chi connectivity index (χ2v) is 7.53. The molecule has 8 heteroatoms. The number of hydrogen-bond donors (Lipinski definition) is 0. The molecule has 0 unspecified atom stereocenters. The van der Waals surface area contributed by atoms with Gasteiger partial charge in [0, 0.05) is 29.4 Å². The number of nitrogens with zero attached hydrogens (tertiary/aromatic N) is 3. The molecule has 0 bridgehead atoms. The molecule has 2 aromatic heterocycles. The average Bonchev–Trinajstić information content (AvgIpc) is 2.84. The van der Waals surface area contributed by atoms with Gasteiger partial charge in [-0.15, -0.1) is 0 Å². The first-order chi connectivity index (χ1) is 16.5. The zero-order valence-electron chi connectivity index (χ0n) is 17.6. The summed E-state index contributed by atoms with van der Waals surface area (Å²) in [4.78, 5) is 21.3. The van der Waals surface area contributed by atoms with Crippen LogP contribution in [0.1, 0.15) is 5.56 Å². The SMILES string of the molecule is O=c1c2cccc(F)c2cc(-c2ccc(Oc3cnccn3)cc2)n1Cc1ccc(F)cc1F. The lowest BCUT2D eigenvalue weighted by Gasteiger charge is -2.16. The highest BCUT2D eigenvalue weighted by Crippen LogP contribution is 2.28. The summed E-state index contributed by atoms with van der Waals surface area (Å²) < 4.78 is 49.3. The summed E-state index contributed by atoms with van der Waals surface area (Å²) in [7, 11) is 0. The van der Waals surface area contributed by atoms with Crippen LogP contribution < -0.4 is 10.3 Å². The van der Waals surface area contributed by atoms with Gasteiger partial charge < -0.3 is 9.30 Å². The van der Waals surface area contributed by atoms with Crippen molar-refractivity contribution in [3.8, 4) is 22.9 Å². The van der Waals surface area contributed by atoms with Crippen molar-refractivity contribution < 1.29 is 17.9 Å². The van der Waals surface area contributed by atoms with Crippen LogP contribution in [0.2, 0.25) is 0 Å². The van der Waals surface area contributed by atoms with Crippen LogP contribution in [0.15, 0.2) is 90.1 Å². The zero-order valence-corrected chi connectivity index (χ0v) is 17.6. The highest BCUT2D eigenvalue weighted by molar-refractivity contribution is 5.86. The molecule has 5 rings (SSSR count). The number of halogens is 3. The Bertz CT molecular complexity index is 1550. The van der Waals surface area contributed by atoms with Gasteiger partial charge in [0.05, 0.1) is 23.8 Å². The van der Waals surface area contributed by atoms with Gasteiger partial charge in [-0.25, -0.2) is 18.2 Å². The van der Waals surface area contributed by atoms with Gasteiger partial charge in [0.15, 0.2) is 0 Å². The Hall–Kier alpha value is -4.46. The van der Waals surface area contributed by atoms with Crippen molar-refractivity contribution in [2.24, 2.45) is 0 Å². The van der Waals surface area contributed by atoms with E-state index < -0.39 is 23.0 Å². The lowest BCUT2D eigenvalue weighted by molar-refractivity contribution is 0.460. The fraction of sp³-hybridized carbons (Fsp3) is 0.0385. The van der Waals surface area contributed by atoms with E-state index in [2.05, 4.69) is 9.97 Å². The molecule has 0 saturated carbocycles. The average molecular weight is 459 g/mol. The van der Waals surface area contributed by atoms with Crippen LogP contribution in [0, 0.1) is 17.5 Å². The molecule has 0 amide bonds. The highest BCUT2D eigenvalue weighted by Gasteiger charge is 2.16. The number of rotatable bonds is 5. The van der Waals surface area contributed by atoms with E-state index in [0.29, 0.717) is 22.9 Å². The molecule has 168 valence electrons. The topological polar surface area (TPSA) is 57.0 Å². The van der Waals surface area contributed by atoms with E-state index in [1.807, 2.05) is 0 Å². The molecule has 0 fully saturated rings. The van der Waals surface area contributed by atoms with Crippen LogP contribution in [0.25, 0.3) is 22.0 Å². The van der Waals surface area contributed by atoms with Crippen molar-refractivity contribution in [3.63, 3.8) is 0 Å². The maximum atomic E-state index is 14.6. The standard InChI is InChI=1S/C26H16F3N3O2/c27-18-7-4-17(23(29)12-18)15-32-24(13-21-20(26(32)33)2-1-3-22(21)28)16-5-8-19(9-6-16)34-25-14-30-10-11-31-25/h1-14H,15H2. The van der Waals surface area contributed by atoms with E-state index in [9.17, 15) is 18.0 Å². The van der Waals surface area contributed by atoms with E-state index in [1.54, 1.807) is 30.3 Å². The van der Waals surface area contributed by atoms with Crippen molar-refractivity contribution in [1.29, 1.82) is 0 Å². The van der Waals surface area contributed by atoms with Crippen LogP contribution in [0.3, 0.4) is 0 Å². The van der Waals surface area contributed by atoms with E-state index in [4.69, 9.17) is 4.74 Å². The Labute approximate surface area is 191 Å². The summed E-state index contributed by atoms with van der Waals surface area (Å²) in [6.07, 6.45) is 4.49. The largest absolute Gasteiger partial charge is 0.438 e. The summed E-state index contributed by atoms with van der Waals surface area (Å²) in [5, 5.41) is 0.312. The lowest BCUT2D eigenvalue weighted by atomic mass is 10.0. The van der Waals surface area contributed by atoms with E-state index >= 15 is 0 Å². The first-order valence-corrected chi connectivity index (χ1v) is 10.3. The van der Waals surface area contributed by atoms with Gasteiger partial charge in [0.2, 0.25) is 5.88 Å². The van der Waals surface area contributed by atoms with Crippen LogP contribution in [-0.2, 0) is 6.54 Å². The molecule has 5 nitrogen and oxygen atoms in total. The van der Waals surface area contributed by atoms with Gasteiger partial charge in [0.1, 0.15) is 23.2 Å². The molecule has 2 heterocycles. The first-order valence-electron chi connectivity index (χ1n) is 10.3. The van der Waals surface area contributed by atoms with Crippen molar-refractivity contribution in [1.82, 2.24) is 14.5 Å². The van der Waals surface area contributed by atoms with Crippen molar-refractivity contribution in [2.45, 2.75) is 6.54 Å². The number of ether oxygens (including phenoxy) is 1. The number of pyridine rings is 1. The number of fused-ring (bicyclic) bond motifs is 1. The van der Waals surface area contributed by atoms with Crippen LogP contribution in [0.5, 0.6) is 11.6 Å². The summed E-state index contributed by atoms with van der Waals surface area (Å²) in [6, 6.07) is 15.7. The summed E-state index contributed by atoms with van der Waals surface area (Å²) >= 11 is 0. The minimum atomic E-state index is -0.773.